The molecule has 0 aliphatic heterocycles. The van der Waals surface area contributed by atoms with Crippen LogP contribution in [0.15, 0.2) is 0 Å². The number of rotatable bonds is 7. The van der Waals surface area contributed by atoms with Gasteiger partial charge in [-0.3, -0.25) is 4.79 Å². The van der Waals surface area contributed by atoms with Crippen LogP contribution in [0.1, 0.15) is 12.8 Å². The lowest BCUT2D eigenvalue weighted by Gasteiger charge is -2.35. The number of carbonyl (C=O) groups is 1. The molecule has 0 spiro atoms. The SMILES string of the molecule is COCC(CNC1CCC1C(=O)O)OC. The topological polar surface area (TPSA) is 67.8 Å². The normalized spacial score (nSPS) is 27.1. The average Bonchev–Trinajstić information content (AvgIpc) is 2.13. The third-order valence-electron chi connectivity index (χ3n) is 2.89. The van der Waals surface area contributed by atoms with E-state index in [2.05, 4.69) is 5.32 Å². The van der Waals surface area contributed by atoms with Crippen LogP contribution >= 0.6 is 0 Å². The highest BCUT2D eigenvalue weighted by molar-refractivity contribution is 5.72. The van der Waals surface area contributed by atoms with E-state index in [1.54, 1.807) is 14.2 Å². The fraction of sp³-hybridized carbons (Fsp3) is 0.900. The summed E-state index contributed by atoms with van der Waals surface area (Å²) in [6.07, 6.45) is 1.69. The van der Waals surface area contributed by atoms with Crippen molar-refractivity contribution in [3.05, 3.63) is 0 Å². The maximum atomic E-state index is 10.7. The molecule has 1 aliphatic rings. The van der Waals surface area contributed by atoms with Gasteiger partial charge in [0.15, 0.2) is 0 Å². The fourth-order valence-electron chi connectivity index (χ4n) is 1.72. The first-order valence-corrected chi connectivity index (χ1v) is 5.17. The molecule has 0 bridgehead atoms. The summed E-state index contributed by atoms with van der Waals surface area (Å²) < 4.78 is 10.1. The number of carboxylic acids is 1. The third kappa shape index (κ3) is 3.44. The number of aliphatic carboxylic acids is 1. The summed E-state index contributed by atoms with van der Waals surface area (Å²) in [5.41, 5.74) is 0. The van der Waals surface area contributed by atoms with Crippen molar-refractivity contribution < 1.29 is 19.4 Å². The fourth-order valence-corrected chi connectivity index (χ4v) is 1.72. The van der Waals surface area contributed by atoms with Gasteiger partial charge in [-0.2, -0.15) is 0 Å². The van der Waals surface area contributed by atoms with E-state index in [9.17, 15) is 4.79 Å². The van der Waals surface area contributed by atoms with E-state index in [0.29, 0.717) is 13.2 Å². The molecule has 0 amide bonds. The Morgan fingerprint density at radius 1 is 1.53 bits per heavy atom. The third-order valence-corrected chi connectivity index (χ3v) is 2.89. The minimum atomic E-state index is -0.709. The molecule has 1 fully saturated rings. The van der Waals surface area contributed by atoms with Gasteiger partial charge in [-0.05, 0) is 12.8 Å². The van der Waals surface area contributed by atoms with Gasteiger partial charge in [-0.25, -0.2) is 0 Å². The van der Waals surface area contributed by atoms with Crippen molar-refractivity contribution in [3.8, 4) is 0 Å². The van der Waals surface area contributed by atoms with Crippen molar-refractivity contribution in [2.75, 3.05) is 27.4 Å². The zero-order valence-electron chi connectivity index (χ0n) is 9.23. The van der Waals surface area contributed by atoms with Crippen molar-refractivity contribution in [2.24, 2.45) is 5.92 Å². The van der Waals surface area contributed by atoms with Crippen molar-refractivity contribution in [3.63, 3.8) is 0 Å². The Bertz CT molecular complexity index is 210. The number of hydrogen-bond acceptors (Lipinski definition) is 4. The van der Waals surface area contributed by atoms with E-state index >= 15 is 0 Å². The van der Waals surface area contributed by atoms with E-state index in [1.807, 2.05) is 0 Å². The number of methoxy groups -OCH3 is 2. The van der Waals surface area contributed by atoms with Gasteiger partial charge < -0.3 is 19.9 Å². The Kier molecular flexibility index (Phi) is 5.01. The Morgan fingerprint density at radius 3 is 2.67 bits per heavy atom. The van der Waals surface area contributed by atoms with E-state index in [-0.39, 0.29) is 18.1 Å². The molecule has 0 radical (unpaired) electrons. The summed E-state index contributed by atoms with van der Waals surface area (Å²) in [5, 5.41) is 12.0. The lowest BCUT2D eigenvalue weighted by Crippen LogP contribution is -2.50. The number of carboxylic acid groups (broad SMARTS) is 1. The number of ether oxygens (including phenoxy) is 2. The minimum Gasteiger partial charge on any atom is -0.481 e. The maximum absolute atomic E-state index is 10.7. The molecule has 0 aromatic heterocycles. The highest BCUT2D eigenvalue weighted by Gasteiger charge is 2.36. The van der Waals surface area contributed by atoms with Gasteiger partial charge in [0.25, 0.3) is 0 Å². The van der Waals surface area contributed by atoms with Crippen LogP contribution in [0.3, 0.4) is 0 Å². The van der Waals surface area contributed by atoms with Crippen molar-refractivity contribution in [1.29, 1.82) is 0 Å². The van der Waals surface area contributed by atoms with Gasteiger partial charge in [-0.1, -0.05) is 0 Å². The van der Waals surface area contributed by atoms with Crippen LogP contribution in [-0.4, -0.2) is 50.6 Å². The lowest BCUT2D eigenvalue weighted by atomic mass is 9.79. The van der Waals surface area contributed by atoms with Gasteiger partial charge in [0.1, 0.15) is 0 Å². The molecule has 1 aliphatic carbocycles. The van der Waals surface area contributed by atoms with Crippen LogP contribution < -0.4 is 5.32 Å². The molecule has 2 N–H and O–H groups in total. The van der Waals surface area contributed by atoms with Gasteiger partial charge in [-0.15, -0.1) is 0 Å². The summed E-state index contributed by atoms with van der Waals surface area (Å²) in [6.45, 7) is 1.16. The predicted octanol–water partition coefficient (Wildman–Crippen LogP) is 0.101. The molecule has 0 aromatic carbocycles. The van der Waals surface area contributed by atoms with Crippen molar-refractivity contribution in [2.45, 2.75) is 25.0 Å². The zero-order chi connectivity index (χ0) is 11.3. The highest BCUT2D eigenvalue weighted by atomic mass is 16.5. The first kappa shape index (κ1) is 12.4. The van der Waals surface area contributed by atoms with Crippen LogP contribution in [0.4, 0.5) is 0 Å². The number of hydrogen-bond donors (Lipinski definition) is 2. The zero-order valence-corrected chi connectivity index (χ0v) is 9.23. The summed E-state index contributed by atoms with van der Waals surface area (Å²) in [4.78, 5) is 10.7. The molecule has 0 saturated heterocycles. The van der Waals surface area contributed by atoms with Crippen LogP contribution in [0.5, 0.6) is 0 Å². The largest absolute Gasteiger partial charge is 0.481 e. The predicted molar refractivity (Wildman–Crippen MR) is 54.8 cm³/mol. The summed E-state index contributed by atoms with van der Waals surface area (Å²) in [5.74, 6) is -0.940. The molecule has 88 valence electrons. The van der Waals surface area contributed by atoms with Crippen LogP contribution in [0.25, 0.3) is 0 Å². The molecule has 1 rings (SSSR count). The van der Waals surface area contributed by atoms with Crippen molar-refractivity contribution >= 4 is 5.97 Å². The van der Waals surface area contributed by atoms with Gasteiger partial charge in [0.05, 0.1) is 18.6 Å². The van der Waals surface area contributed by atoms with Crippen LogP contribution in [0, 0.1) is 5.92 Å². The Labute approximate surface area is 89.8 Å². The highest BCUT2D eigenvalue weighted by Crippen LogP contribution is 2.27. The minimum absolute atomic E-state index is 0.00922. The molecular weight excluding hydrogens is 198 g/mol. The molecule has 15 heavy (non-hydrogen) atoms. The monoisotopic (exact) mass is 217 g/mol. The molecule has 5 heteroatoms. The maximum Gasteiger partial charge on any atom is 0.308 e. The second kappa shape index (κ2) is 6.05. The molecule has 1 saturated carbocycles. The van der Waals surface area contributed by atoms with Crippen molar-refractivity contribution in [1.82, 2.24) is 5.32 Å². The average molecular weight is 217 g/mol. The summed E-state index contributed by atoms with van der Waals surface area (Å²) >= 11 is 0. The summed E-state index contributed by atoms with van der Waals surface area (Å²) in [6, 6.07) is 0.0945. The molecular formula is C10H19NO4. The molecule has 5 nitrogen and oxygen atoms in total. The standard InChI is InChI=1S/C10H19NO4/c1-14-6-7(15-2)5-11-9-4-3-8(9)10(12)13/h7-9,11H,3-6H2,1-2H3,(H,12,13). The Morgan fingerprint density at radius 2 is 2.27 bits per heavy atom. The molecule has 0 aromatic rings. The van der Waals surface area contributed by atoms with E-state index in [0.717, 1.165) is 12.8 Å². The van der Waals surface area contributed by atoms with Gasteiger partial charge in [0.2, 0.25) is 0 Å². The van der Waals surface area contributed by atoms with Crippen LogP contribution in [0.2, 0.25) is 0 Å². The Balaban J connectivity index is 2.21. The quantitative estimate of drug-likeness (QED) is 0.633. The Hall–Kier alpha value is -0.650. The van der Waals surface area contributed by atoms with E-state index in [4.69, 9.17) is 14.6 Å². The lowest BCUT2D eigenvalue weighted by molar-refractivity contribution is -0.146. The van der Waals surface area contributed by atoms with E-state index < -0.39 is 5.97 Å². The molecule has 3 unspecified atom stereocenters. The summed E-state index contributed by atoms with van der Waals surface area (Å²) in [7, 11) is 3.25. The van der Waals surface area contributed by atoms with Crippen LogP contribution in [-0.2, 0) is 14.3 Å². The second-order valence-electron chi connectivity index (χ2n) is 3.85. The first-order valence-electron chi connectivity index (χ1n) is 5.17. The smallest absolute Gasteiger partial charge is 0.308 e. The molecule has 0 heterocycles. The first-order chi connectivity index (χ1) is 7.19. The van der Waals surface area contributed by atoms with Gasteiger partial charge in [0, 0.05) is 26.8 Å². The number of nitrogens with one attached hydrogen (secondary N) is 1. The van der Waals surface area contributed by atoms with E-state index in [1.165, 1.54) is 0 Å². The second-order valence-corrected chi connectivity index (χ2v) is 3.85. The van der Waals surface area contributed by atoms with Gasteiger partial charge >= 0.3 is 5.97 Å². The molecule has 3 atom stereocenters.